The topological polar surface area (TPSA) is 41.1 Å². The summed E-state index contributed by atoms with van der Waals surface area (Å²) in [5.74, 6) is 0.905. The highest BCUT2D eigenvalue weighted by Crippen LogP contribution is 2.05. The van der Waals surface area contributed by atoms with Gasteiger partial charge in [-0.25, -0.2) is 4.98 Å². The molecule has 0 amide bonds. The molecule has 1 N–H and O–H groups in total. The number of rotatable bonds is 6. The molecule has 1 aromatic heterocycles. The van der Waals surface area contributed by atoms with E-state index in [0.29, 0.717) is 0 Å². The molecule has 4 nitrogen and oxygen atoms in total. The maximum atomic E-state index is 4.23. The third kappa shape index (κ3) is 4.74. The minimum Gasteiger partial charge on any atom is -0.369 e. The fourth-order valence-electron chi connectivity index (χ4n) is 1.34. The van der Waals surface area contributed by atoms with Gasteiger partial charge in [0.2, 0.25) is 0 Å². The van der Waals surface area contributed by atoms with E-state index in [1.165, 1.54) is 6.42 Å². The fourth-order valence-corrected chi connectivity index (χ4v) is 1.34. The van der Waals surface area contributed by atoms with Crippen molar-refractivity contribution in [2.75, 3.05) is 32.5 Å². The van der Waals surface area contributed by atoms with E-state index in [9.17, 15) is 0 Å². The molecule has 0 saturated carbocycles. The van der Waals surface area contributed by atoms with Gasteiger partial charge in [0, 0.05) is 18.9 Å². The molecule has 0 aromatic carbocycles. The van der Waals surface area contributed by atoms with E-state index in [0.717, 1.165) is 31.0 Å². The quantitative estimate of drug-likeness (QED) is 0.720. The summed E-state index contributed by atoms with van der Waals surface area (Å²) in [6.07, 6.45) is 5.80. The van der Waals surface area contributed by atoms with Crippen molar-refractivity contribution in [3.8, 4) is 0 Å². The van der Waals surface area contributed by atoms with Gasteiger partial charge in [-0.1, -0.05) is 0 Å². The number of hydrogen-bond acceptors (Lipinski definition) is 4. The number of aryl methyl sites for hydroxylation is 1. The Balaban J connectivity index is 2.18. The van der Waals surface area contributed by atoms with Crippen LogP contribution < -0.4 is 5.32 Å². The summed E-state index contributed by atoms with van der Waals surface area (Å²) < 4.78 is 0. The van der Waals surface area contributed by atoms with Crippen LogP contribution in [-0.2, 0) is 0 Å². The standard InChI is InChI=1S/C11H20N4/c1-10-11(14-8-7-12-10)13-6-4-5-9-15(2)3/h7-8H,4-6,9H2,1-3H3,(H,13,14). The van der Waals surface area contributed by atoms with Gasteiger partial charge in [-0.2, -0.15) is 0 Å². The molecule has 0 atom stereocenters. The SMILES string of the molecule is Cc1nccnc1NCCCCN(C)C. The monoisotopic (exact) mass is 208 g/mol. The first-order chi connectivity index (χ1) is 7.20. The Hall–Kier alpha value is -1.16. The molecule has 15 heavy (non-hydrogen) atoms. The third-order valence-electron chi connectivity index (χ3n) is 2.21. The molecule has 0 aliphatic rings. The minimum atomic E-state index is 0.905. The van der Waals surface area contributed by atoms with Gasteiger partial charge in [-0.3, -0.25) is 4.98 Å². The van der Waals surface area contributed by atoms with Crippen molar-refractivity contribution in [1.29, 1.82) is 0 Å². The molecule has 1 heterocycles. The van der Waals surface area contributed by atoms with Crippen LogP contribution in [0.1, 0.15) is 18.5 Å². The molecule has 84 valence electrons. The Morgan fingerprint density at radius 1 is 1.20 bits per heavy atom. The highest BCUT2D eigenvalue weighted by atomic mass is 15.0. The predicted molar refractivity (Wildman–Crippen MR) is 63.0 cm³/mol. The summed E-state index contributed by atoms with van der Waals surface area (Å²) in [4.78, 5) is 10.6. The van der Waals surface area contributed by atoms with Gasteiger partial charge < -0.3 is 10.2 Å². The Morgan fingerprint density at radius 2 is 1.93 bits per heavy atom. The van der Waals surface area contributed by atoms with Gasteiger partial charge in [0.1, 0.15) is 5.82 Å². The first kappa shape index (κ1) is 11.9. The van der Waals surface area contributed by atoms with E-state index in [-0.39, 0.29) is 0 Å². The average Bonchev–Trinajstić information content (AvgIpc) is 2.20. The van der Waals surface area contributed by atoms with E-state index < -0.39 is 0 Å². The summed E-state index contributed by atoms with van der Waals surface area (Å²) in [5, 5.41) is 3.29. The number of unbranched alkanes of at least 4 members (excludes halogenated alkanes) is 1. The van der Waals surface area contributed by atoms with E-state index >= 15 is 0 Å². The molecule has 0 aliphatic heterocycles. The third-order valence-corrected chi connectivity index (χ3v) is 2.21. The molecule has 4 heteroatoms. The maximum Gasteiger partial charge on any atom is 0.147 e. The van der Waals surface area contributed by atoms with Crippen LogP contribution in [-0.4, -0.2) is 42.1 Å². The second kappa shape index (κ2) is 6.35. The lowest BCUT2D eigenvalue weighted by Gasteiger charge is -2.10. The lowest BCUT2D eigenvalue weighted by atomic mass is 10.3. The van der Waals surface area contributed by atoms with Crippen molar-refractivity contribution >= 4 is 5.82 Å². The van der Waals surface area contributed by atoms with Crippen molar-refractivity contribution < 1.29 is 0 Å². The van der Waals surface area contributed by atoms with Gasteiger partial charge in [-0.05, 0) is 40.4 Å². The summed E-state index contributed by atoms with van der Waals surface area (Å²) in [6.45, 7) is 4.07. The van der Waals surface area contributed by atoms with Gasteiger partial charge in [0.25, 0.3) is 0 Å². The number of aromatic nitrogens is 2. The van der Waals surface area contributed by atoms with Crippen LogP contribution >= 0.6 is 0 Å². The molecule has 1 rings (SSSR count). The second-order valence-electron chi connectivity index (χ2n) is 3.93. The van der Waals surface area contributed by atoms with Crippen LogP contribution in [0.15, 0.2) is 12.4 Å². The molecule has 0 spiro atoms. The maximum absolute atomic E-state index is 4.23. The first-order valence-corrected chi connectivity index (χ1v) is 5.36. The van der Waals surface area contributed by atoms with Crippen LogP contribution in [0, 0.1) is 6.92 Å². The Labute approximate surface area is 91.7 Å². The second-order valence-corrected chi connectivity index (χ2v) is 3.93. The molecule has 1 aromatic rings. The van der Waals surface area contributed by atoms with Gasteiger partial charge in [0.05, 0.1) is 5.69 Å². The number of anilines is 1. The molecule has 0 aliphatic carbocycles. The van der Waals surface area contributed by atoms with Crippen molar-refractivity contribution in [2.45, 2.75) is 19.8 Å². The van der Waals surface area contributed by atoms with E-state index in [4.69, 9.17) is 0 Å². The van der Waals surface area contributed by atoms with E-state index in [2.05, 4.69) is 34.3 Å². The lowest BCUT2D eigenvalue weighted by Crippen LogP contribution is -2.14. The number of hydrogen-bond donors (Lipinski definition) is 1. The molecular weight excluding hydrogens is 188 g/mol. The highest BCUT2D eigenvalue weighted by molar-refractivity contribution is 5.37. The minimum absolute atomic E-state index is 0.905. The number of nitrogens with one attached hydrogen (secondary N) is 1. The van der Waals surface area contributed by atoms with E-state index in [1.54, 1.807) is 12.4 Å². The van der Waals surface area contributed by atoms with Crippen molar-refractivity contribution in [3.63, 3.8) is 0 Å². The molecular formula is C11H20N4. The highest BCUT2D eigenvalue weighted by Gasteiger charge is 1.98. The van der Waals surface area contributed by atoms with E-state index in [1.807, 2.05) is 6.92 Å². The average molecular weight is 208 g/mol. The van der Waals surface area contributed by atoms with Gasteiger partial charge in [-0.15, -0.1) is 0 Å². The number of nitrogens with zero attached hydrogens (tertiary/aromatic N) is 3. The zero-order chi connectivity index (χ0) is 11.1. The summed E-state index contributed by atoms with van der Waals surface area (Å²) in [5.41, 5.74) is 0.963. The molecule has 0 saturated heterocycles. The Morgan fingerprint density at radius 3 is 2.60 bits per heavy atom. The zero-order valence-electron chi connectivity index (χ0n) is 9.82. The molecule has 0 unspecified atom stereocenters. The first-order valence-electron chi connectivity index (χ1n) is 5.36. The summed E-state index contributed by atoms with van der Waals surface area (Å²) in [6, 6.07) is 0. The summed E-state index contributed by atoms with van der Waals surface area (Å²) >= 11 is 0. The molecule has 0 radical (unpaired) electrons. The van der Waals surface area contributed by atoms with Crippen LogP contribution in [0.2, 0.25) is 0 Å². The van der Waals surface area contributed by atoms with Crippen molar-refractivity contribution in [2.24, 2.45) is 0 Å². The Bertz CT molecular complexity index is 286. The zero-order valence-corrected chi connectivity index (χ0v) is 9.82. The van der Waals surface area contributed by atoms with Crippen molar-refractivity contribution in [1.82, 2.24) is 14.9 Å². The van der Waals surface area contributed by atoms with Gasteiger partial charge >= 0.3 is 0 Å². The predicted octanol–water partition coefficient (Wildman–Crippen LogP) is 1.54. The summed E-state index contributed by atoms with van der Waals surface area (Å²) in [7, 11) is 4.19. The Kier molecular flexibility index (Phi) is 5.04. The lowest BCUT2D eigenvalue weighted by molar-refractivity contribution is 0.396. The van der Waals surface area contributed by atoms with Crippen LogP contribution in [0.3, 0.4) is 0 Å². The normalized spacial score (nSPS) is 10.7. The molecule has 0 fully saturated rings. The van der Waals surface area contributed by atoms with Crippen LogP contribution in [0.5, 0.6) is 0 Å². The fraction of sp³-hybridized carbons (Fsp3) is 0.636. The van der Waals surface area contributed by atoms with Crippen LogP contribution in [0.25, 0.3) is 0 Å². The smallest absolute Gasteiger partial charge is 0.147 e. The largest absolute Gasteiger partial charge is 0.369 e. The van der Waals surface area contributed by atoms with Crippen LogP contribution in [0.4, 0.5) is 5.82 Å². The molecule has 0 bridgehead atoms. The van der Waals surface area contributed by atoms with Gasteiger partial charge in [0.15, 0.2) is 0 Å². The van der Waals surface area contributed by atoms with Crippen molar-refractivity contribution in [3.05, 3.63) is 18.1 Å².